The van der Waals surface area contributed by atoms with Gasteiger partial charge >= 0.3 is 6.03 Å². The number of hydrogen-bond acceptors (Lipinski definition) is 3. The summed E-state index contributed by atoms with van der Waals surface area (Å²) in [5.74, 6) is -0.284. The lowest BCUT2D eigenvalue weighted by Crippen LogP contribution is -2.37. The molecule has 1 N–H and O–H groups in total. The maximum atomic E-state index is 11.2. The number of nitrogens with zero attached hydrogens (tertiary/aromatic N) is 1. The molecule has 1 fully saturated rings. The molecule has 0 radical (unpaired) electrons. The van der Waals surface area contributed by atoms with Crippen LogP contribution in [0.3, 0.4) is 0 Å². The van der Waals surface area contributed by atoms with Crippen molar-refractivity contribution < 1.29 is 9.59 Å². The number of nitrogens with one attached hydrogen (secondary N) is 1. The van der Waals surface area contributed by atoms with Crippen LogP contribution in [-0.2, 0) is 4.79 Å². The van der Waals surface area contributed by atoms with Gasteiger partial charge in [-0.05, 0) is 13.8 Å². The molecule has 0 aliphatic carbocycles. The molecule has 0 bridgehead atoms. The van der Waals surface area contributed by atoms with E-state index in [0.717, 1.165) is 4.90 Å². The number of hydrogen-bond donors (Lipinski definition) is 2. The van der Waals surface area contributed by atoms with E-state index in [0.29, 0.717) is 6.54 Å². The first-order chi connectivity index (χ1) is 4.99. The summed E-state index contributed by atoms with van der Waals surface area (Å²) in [6, 6.07) is -0.366. The quantitative estimate of drug-likeness (QED) is 0.441. The summed E-state index contributed by atoms with van der Waals surface area (Å²) in [4.78, 5) is 22.3. The first-order valence-electron chi connectivity index (χ1n) is 3.35. The second-order valence-electron chi connectivity index (χ2n) is 2.55. The molecule has 1 saturated heterocycles. The molecular weight excluding hydrogens is 164 g/mol. The highest BCUT2D eigenvalue weighted by Crippen LogP contribution is 2.19. The molecule has 0 aromatic rings. The van der Waals surface area contributed by atoms with Crippen molar-refractivity contribution in [2.75, 3.05) is 6.54 Å². The van der Waals surface area contributed by atoms with E-state index in [4.69, 9.17) is 0 Å². The van der Waals surface area contributed by atoms with Gasteiger partial charge in [0, 0.05) is 6.54 Å². The van der Waals surface area contributed by atoms with Crippen LogP contribution in [0.15, 0.2) is 0 Å². The Bertz CT molecular complexity index is 215. The van der Waals surface area contributed by atoms with E-state index in [1.165, 1.54) is 0 Å². The lowest BCUT2D eigenvalue weighted by molar-refractivity contribution is -0.127. The molecule has 1 heterocycles. The smallest absolute Gasteiger partial charge is 0.315 e. The Morgan fingerprint density at radius 1 is 1.64 bits per heavy atom. The number of carbonyl (C=O) groups is 2. The highest BCUT2D eigenvalue weighted by molar-refractivity contribution is 7.82. The molecule has 0 saturated carbocycles. The monoisotopic (exact) mass is 174 g/mol. The first kappa shape index (κ1) is 8.39. The average molecular weight is 174 g/mol. The minimum absolute atomic E-state index is 0.284. The normalized spacial score (nSPS) is 31.0. The molecule has 0 aromatic heterocycles. The van der Waals surface area contributed by atoms with Crippen molar-refractivity contribution in [3.8, 4) is 0 Å². The van der Waals surface area contributed by atoms with Gasteiger partial charge in [-0.25, -0.2) is 4.79 Å². The van der Waals surface area contributed by atoms with Crippen molar-refractivity contribution in [1.82, 2.24) is 10.2 Å². The van der Waals surface area contributed by atoms with Crippen LogP contribution in [0.5, 0.6) is 0 Å². The van der Waals surface area contributed by atoms with Crippen molar-refractivity contribution in [3.63, 3.8) is 0 Å². The average Bonchev–Trinajstić information content (AvgIpc) is 2.04. The van der Waals surface area contributed by atoms with Crippen LogP contribution in [-0.4, -0.2) is 28.3 Å². The fraction of sp³-hybridized carbons (Fsp3) is 0.667. The summed E-state index contributed by atoms with van der Waals surface area (Å²) in [6.45, 7) is 3.69. The topological polar surface area (TPSA) is 49.4 Å². The zero-order valence-electron chi connectivity index (χ0n) is 6.42. The van der Waals surface area contributed by atoms with Gasteiger partial charge in [-0.1, -0.05) is 0 Å². The van der Waals surface area contributed by atoms with Crippen LogP contribution in [0, 0.1) is 0 Å². The van der Waals surface area contributed by atoms with E-state index in [-0.39, 0.29) is 11.9 Å². The van der Waals surface area contributed by atoms with Gasteiger partial charge in [0.15, 0.2) is 4.87 Å². The minimum Gasteiger partial charge on any atom is -0.315 e. The third-order valence-electron chi connectivity index (χ3n) is 1.57. The molecule has 0 aromatic carbocycles. The van der Waals surface area contributed by atoms with E-state index in [2.05, 4.69) is 17.9 Å². The number of carbonyl (C=O) groups excluding carboxylic acids is 2. The predicted octanol–water partition coefficient (Wildman–Crippen LogP) is 0.204. The van der Waals surface area contributed by atoms with E-state index >= 15 is 0 Å². The number of likely N-dealkylation sites (N-methyl/N-ethyl adjacent to an activating group) is 1. The first-order valence-corrected chi connectivity index (χ1v) is 3.80. The number of rotatable bonds is 1. The second-order valence-corrected chi connectivity index (χ2v) is 3.45. The third kappa shape index (κ3) is 1.20. The van der Waals surface area contributed by atoms with Gasteiger partial charge in [0.05, 0.1) is 0 Å². The zero-order valence-corrected chi connectivity index (χ0v) is 7.31. The fourth-order valence-corrected chi connectivity index (χ4v) is 1.19. The largest absolute Gasteiger partial charge is 0.325 e. The molecule has 1 rings (SSSR count). The molecule has 11 heavy (non-hydrogen) atoms. The number of imide groups is 1. The number of urea groups is 1. The van der Waals surface area contributed by atoms with E-state index in [9.17, 15) is 9.59 Å². The van der Waals surface area contributed by atoms with E-state index < -0.39 is 4.87 Å². The van der Waals surface area contributed by atoms with Gasteiger partial charge in [0.1, 0.15) is 0 Å². The summed E-state index contributed by atoms with van der Waals surface area (Å²) in [5, 5.41) is 2.45. The molecule has 62 valence electrons. The molecule has 3 amide bonds. The Hall–Kier alpha value is -0.710. The molecule has 1 aliphatic rings. The maximum Gasteiger partial charge on any atom is 0.325 e. The Balaban J connectivity index is 2.88. The molecule has 1 atom stereocenters. The van der Waals surface area contributed by atoms with Crippen LogP contribution in [0.1, 0.15) is 13.8 Å². The molecule has 0 spiro atoms. The van der Waals surface area contributed by atoms with Crippen molar-refractivity contribution in [1.29, 1.82) is 0 Å². The zero-order chi connectivity index (χ0) is 8.65. The van der Waals surface area contributed by atoms with Gasteiger partial charge in [0.25, 0.3) is 5.91 Å². The second kappa shape index (κ2) is 2.41. The van der Waals surface area contributed by atoms with Crippen LogP contribution >= 0.6 is 12.6 Å². The summed E-state index contributed by atoms with van der Waals surface area (Å²) in [6.07, 6.45) is 0. The highest BCUT2D eigenvalue weighted by Gasteiger charge is 2.44. The van der Waals surface area contributed by atoms with Crippen LogP contribution in [0.4, 0.5) is 4.79 Å². The summed E-state index contributed by atoms with van der Waals surface area (Å²) in [7, 11) is 0. The van der Waals surface area contributed by atoms with Crippen LogP contribution < -0.4 is 5.32 Å². The van der Waals surface area contributed by atoms with E-state index in [1.54, 1.807) is 13.8 Å². The van der Waals surface area contributed by atoms with Gasteiger partial charge < -0.3 is 5.32 Å². The van der Waals surface area contributed by atoms with Crippen LogP contribution in [0.2, 0.25) is 0 Å². The lowest BCUT2D eigenvalue weighted by atomic mass is 10.3. The molecule has 1 aliphatic heterocycles. The van der Waals surface area contributed by atoms with Crippen molar-refractivity contribution in [2.45, 2.75) is 18.7 Å². The van der Waals surface area contributed by atoms with Gasteiger partial charge in [-0.15, -0.1) is 12.6 Å². The summed E-state index contributed by atoms with van der Waals surface area (Å²) < 4.78 is 0. The van der Waals surface area contributed by atoms with Gasteiger partial charge in [0.2, 0.25) is 0 Å². The SMILES string of the molecule is CCN1C(=O)NC(C)(S)C1=O. The van der Waals surface area contributed by atoms with Crippen molar-refractivity contribution in [3.05, 3.63) is 0 Å². The Morgan fingerprint density at radius 2 is 2.18 bits per heavy atom. The third-order valence-corrected chi connectivity index (χ3v) is 1.88. The predicted molar refractivity (Wildman–Crippen MR) is 43.3 cm³/mol. The Morgan fingerprint density at radius 3 is 2.36 bits per heavy atom. The van der Waals surface area contributed by atoms with Gasteiger partial charge in [-0.3, -0.25) is 9.69 Å². The molecule has 4 nitrogen and oxygen atoms in total. The van der Waals surface area contributed by atoms with Crippen molar-refractivity contribution >= 4 is 24.6 Å². The fourth-order valence-electron chi connectivity index (χ4n) is 0.971. The Kier molecular flexibility index (Phi) is 1.83. The Labute approximate surface area is 70.3 Å². The molecule has 1 unspecified atom stereocenters. The number of amides is 3. The molecule has 5 heteroatoms. The number of thiol groups is 1. The standard InChI is InChI=1S/C6H10N2O2S/c1-3-8-4(9)6(2,11)7-5(8)10/h11H,3H2,1-2H3,(H,7,10). The van der Waals surface area contributed by atoms with Crippen LogP contribution in [0.25, 0.3) is 0 Å². The van der Waals surface area contributed by atoms with Crippen molar-refractivity contribution in [2.24, 2.45) is 0 Å². The molecular formula is C6H10N2O2S. The lowest BCUT2D eigenvalue weighted by Gasteiger charge is -2.12. The summed E-state index contributed by atoms with van der Waals surface area (Å²) in [5.41, 5.74) is 0. The minimum atomic E-state index is -1.02. The maximum absolute atomic E-state index is 11.2. The highest BCUT2D eigenvalue weighted by atomic mass is 32.1. The summed E-state index contributed by atoms with van der Waals surface area (Å²) >= 11 is 3.99. The van der Waals surface area contributed by atoms with Gasteiger partial charge in [-0.2, -0.15) is 0 Å². The van der Waals surface area contributed by atoms with E-state index in [1.807, 2.05) is 0 Å².